The topological polar surface area (TPSA) is 64.3 Å². The van der Waals surface area contributed by atoms with Gasteiger partial charge in [-0.05, 0) is 39.2 Å². The molecule has 0 aliphatic rings. The van der Waals surface area contributed by atoms with Gasteiger partial charge in [-0.1, -0.05) is 0 Å². The van der Waals surface area contributed by atoms with E-state index in [0.717, 1.165) is 6.07 Å². The van der Waals surface area contributed by atoms with Gasteiger partial charge >= 0.3 is 5.97 Å². The Bertz CT molecular complexity index is 492. The fourth-order valence-corrected chi connectivity index (χ4v) is 1.71. The lowest BCUT2D eigenvalue weighted by Crippen LogP contribution is -2.26. The normalized spacial score (nSPS) is 11.2. The van der Waals surface area contributed by atoms with Crippen molar-refractivity contribution >= 4 is 29.1 Å². The van der Waals surface area contributed by atoms with E-state index < -0.39 is 11.8 Å². The number of nitrogens with two attached hydrogens (primary N) is 1. The predicted molar refractivity (Wildman–Crippen MR) is 82.9 cm³/mol. The Morgan fingerprint density at radius 1 is 1.50 bits per heavy atom. The van der Waals surface area contributed by atoms with E-state index in [2.05, 4.69) is 5.32 Å². The van der Waals surface area contributed by atoms with E-state index in [-0.39, 0.29) is 28.3 Å². The molecule has 4 nitrogen and oxygen atoms in total. The third-order valence-electron chi connectivity index (χ3n) is 2.89. The lowest BCUT2D eigenvalue weighted by molar-refractivity contribution is 0.0527. The van der Waals surface area contributed by atoms with Crippen LogP contribution < -0.4 is 11.1 Å². The standard InChI is InChI=1S/C14H21FN2O2S/c1-5-19-13(18)9-6-12(10(15)7-11(9)16)17-8-14(2,3)20-4/h6-7,17H,5,8,16H2,1-4H3. The molecule has 1 aromatic carbocycles. The molecule has 0 aliphatic heterocycles. The van der Waals surface area contributed by atoms with E-state index in [1.54, 1.807) is 18.7 Å². The highest BCUT2D eigenvalue weighted by molar-refractivity contribution is 7.99. The molecule has 1 aromatic rings. The van der Waals surface area contributed by atoms with Gasteiger partial charge in [-0.2, -0.15) is 11.8 Å². The predicted octanol–water partition coefficient (Wildman–Crippen LogP) is 3.14. The van der Waals surface area contributed by atoms with Crippen molar-refractivity contribution in [2.75, 3.05) is 30.5 Å². The quantitative estimate of drug-likeness (QED) is 0.624. The summed E-state index contributed by atoms with van der Waals surface area (Å²) in [7, 11) is 0. The number of carbonyl (C=O) groups excluding carboxylic acids is 1. The van der Waals surface area contributed by atoms with Gasteiger partial charge in [0.2, 0.25) is 0 Å². The minimum atomic E-state index is -0.544. The number of hydrogen-bond donors (Lipinski definition) is 2. The van der Waals surface area contributed by atoms with E-state index in [0.29, 0.717) is 6.54 Å². The second kappa shape index (κ2) is 6.83. The van der Waals surface area contributed by atoms with Gasteiger partial charge in [0.1, 0.15) is 5.82 Å². The largest absolute Gasteiger partial charge is 0.462 e. The molecule has 0 aromatic heterocycles. The van der Waals surface area contributed by atoms with Gasteiger partial charge in [0.15, 0.2) is 0 Å². The summed E-state index contributed by atoms with van der Waals surface area (Å²) in [6.07, 6.45) is 1.99. The zero-order valence-electron chi connectivity index (χ0n) is 12.2. The third kappa shape index (κ3) is 4.30. The van der Waals surface area contributed by atoms with Crippen LogP contribution >= 0.6 is 11.8 Å². The zero-order chi connectivity index (χ0) is 15.3. The Balaban J connectivity index is 2.97. The number of nitrogens with one attached hydrogen (secondary N) is 1. The molecular weight excluding hydrogens is 279 g/mol. The van der Waals surface area contributed by atoms with Crippen molar-refractivity contribution < 1.29 is 13.9 Å². The summed E-state index contributed by atoms with van der Waals surface area (Å²) in [6.45, 7) is 6.62. The van der Waals surface area contributed by atoms with Crippen LogP contribution in [0.4, 0.5) is 15.8 Å². The number of hydrogen-bond acceptors (Lipinski definition) is 5. The smallest absolute Gasteiger partial charge is 0.340 e. The van der Waals surface area contributed by atoms with Crippen LogP contribution in [0.15, 0.2) is 12.1 Å². The van der Waals surface area contributed by atoms with Gasteiger partial charge in [0.05, 0.1) is 17.9 Å². The third-order valence-corrected chi connectivity index (χ3v) is 4.14. The molecule has 6 heteroatoms. The fraction of sp³-hybridized carbons (Fsp3) is 0.500. The molecule has 112 valence electrons. The van der Waals surface area contributed by atoms with Gasteiger partial charge in [0.25, 0.3) is 0 Å². The van der Waals surface area contributed by atoms with Crippen molar-refractivity contribution in [3.8, 4) is 0 Å². The minimum Gasteiger partial charge on any atom is -0.462 e. The van der Waals surface area contributed by atoms with Crippen molar-refractivity contribution in [1.29, 1.82) is 0 Å². The Morgan fingerprint density at radius 3 is 2.70 bits per heavy atom. The number of esters is 1. The molecule has 0 saturated heterocycles. The van der Waals surface area contributed by atoms with E-state index in [9.17, 15) is 9.18 Å². The van der Waals surface area contributed by atoms with E-state index in [1.165, 1.54) is 6.07 Å². The van der Waals surface area contributed by atoms with Crippen molar-refractivity contribution in [3.05, 3.63) is 23.5 Å². The molecule has 0 aliphatic carbocycles. The molecule has 0 fully saturated rings. The maximum Gasteiger partial charge on any atom is 0.340 e. The summed E-state index contributed by atoms with van der Waals surface area (Å²) >= 11 is 1.67. The van der Waals surface area contributed by atoms with Crippen molar-refractivity contribution in [2.45, 2.75) is 25.5 Å². The molecule has 0 radical (unpaired) electrons. The van der Waals surface area contributed by atoms with Crippen LogP contribution in [-0.4, -0.2) is 30.1 Å². The van der Waals surface area contributed by atoms with Crippen LogP contribution in [0.5, 0.6) is 0 Å². The molecule has 0 atom stereocenters. The molecule has 20 heavy (non-hydrogen) atoms. The maximum absolute atomic E-state index is 13.9. The number of thioether (sulfide) groups is 1. The molecule has 0 spiro atoms. The molecule has 1 rings (SSSR count). The number of carbonyl (C=O) groups is 1. The van der Waals surface area contributed by atoms with E-state index in [4.69, 9.17) is 10.5 Å². The molecule has 0 unspecified atom stereocenters. The number of nitrogen functional groups attached to an aromatic ring is 1. The van der Waals surface area contributed by atoms with Crippen LogP contribution in [0.2, 0.25) is 0 Å². The summed E-state index contributed by atoms with van der Waals surface area (Å²) in [5.41, 5.74) is 6.17. The first-order chi connectivity index (χ1) is 9.30. The second-order valence-electron chi connectivity index (χ2n) is 4.96. The van der Waals surface area contributed by atoms with Gasteiger partial charge < -0.3 is 15.8 Å². The van der Waals surface area contributed by atoms with Crippen LogP contribution in [0.25, 0.3) is 0 Å². The average Bonchev–Trinajstić information content (AvgIpc) is 2.38. The Labute approximate surface area is 123 Å². The summed E-state index contributed by atoms with van der Waals surface area (Å²) in [4.78, 5) is 11.7. The van der Waals surface area contributed by atoms with Gasteiger partial charge in [0, 0.05) is 17.0 Å². The van der Waals surface area contributed by atoms with Crippen LogP contribution in [0, 0.1) is 5.82 Å². The van der Waals surface area contributed by atoms with Crippen LogP contribution in [-0.2, 0) is 4.74 Å². The molecular formula is C14H21FN2O2S. The van der Waals surface area contributed by atoms with Gasteiger partial charge in [-0.25, -0.2) is 9.18 Å². The Kier molecular flexibility index (Phi) is 5.68. The Morgan fingerprint density at radius 2 is 2.15 bits per heavy atom. The average molecular weight is 300 g/mol. The first kappa shape index (κ1) is 16.6. The summed E-state index contributed by atoms with van der Waals surface area (Å²) < 4.78 is 18.7. The van der Waals surface area contributed by atoms with Crippen molar-refractivity contribution in [1.82, 2.24) is 0 Å². The van der Waals surface area contributed by atoms with E-state index in [1.807, 2.05) is 20.1 Å². The monoisotopic (exact) mass is 300 g/mol. The minimum absolute atomic E-state index is 0.0437. The van der Waals surface area contributed by atoms with Crippen molar-refractivity contribution in [2.24, 2.45) is 0 Å². The molecule has 0 heterocycles. The first-order valence-corrected chi connectivity index (χ1v) is 7.58. The lowest BCUT2D eigenvalue weighted by Gasteiger charge is -2.23. The van der Waals surface area contributed by atoms with Gasteiger partial charge in [-0.15, -0.1) is 0 Å². The molecule has 0 saturated carbocycles. The van der Waals surface area contributed by atoms with Gasteiger partial charge in [-0.3, -0.25) is 0 Å². The summed E-state index contributed by atoms with van der Waals surface area (Å²) in [6, 6.07) is 2.54. The number of rotatable bonds is 6. The summed E-state index contributed by atoms with van der Waals surface area (Å²) in [5.74, 6) is -1.02. The number of anilines is 2. The SMILES string of the molecule is CCOC(=O)c1cc(NCC(C)(C)SC)c(F)cc1N. The number of halogens is 1. The van der Waals surface area contributed by atoms with Crippen molar-refractivity contribution in [3.63, 3.8) is 0 Å². The second-order valence-corrected chi connectivity index (χ2v) is 6.47. The highest BCUT2D eigenvalue weighted by Gasteiger charge is 2.19. The highest BCUT2D eigenvalue weighted by atomic mass is 32.2. The molecule has 0 bridgehead atoms. The Hall–Kier alpha value is -1.43. The number of benzene rings is 1. The van der Waals surface area contributed by atoms with Crippen LogP contribution in [0.3, 0.4) is 0 Å². The zero-order valence-corrected chi connectivity index (χ0v) is 13.1. The lowest BCUT2D eigenvalue weighted by atomic mass is 10.1. The molecule has 3 N–H and O–H groups in total. The molecule has 0 amide bonds. The first-order valence-electron chi connectivity index (χ1n) is 6.36. The number of ether oxygens (including phenoxy) is 1. The fourth-order valence-electron chi connectivity index (χ4n) is 1.49. The summed E-state index contributed by atoms with van der Waals surface area (Å²) in [5, 5.41) is 3.01. The maximum atomic E-state index is 13.9. The highest BCUT2D eigenvalue weighted by Crippen LogP contribution is 2.26. The van der Waals surface area contributed by atoms with Crippen LogP contribution in [0.1, 0.15) is 31.1 Å². The van der Waals surface area contributed by atoms with E-state index >= 15 is 0 Å².